The highest BCUT2D eigenvalue weighted by atomic mass is 16.3. The van der Waals surface area contributed by atoms with Crippen LogP contribution in [0.3, 0.4) is 0 Å². The number of phenolic OH excluding ortho intramolecular Hbond substituents is 1. The number of aryl methyl sites for hydroxylation is 2. The van der Waals surface area contributed by atoms with Gasteiger partial charge in [-0.05, 0) is 60.2 Å². The summed E-state index contributed by atoms with van der Waals surface area (Å²) in [6, 6.07) is 14.1. The van der Waals surface area contributed by atoms with E-state index in [4.69, 9.17) is 5.11 Å². The highest BCUT2D eigenvalue weighted by Crippen LogP contribution is 2.35. The zero-order valence-corrected chi connectivity index (χ0v) is 13.2. The van der Waals surface area contributed by atoms with Crippen molar-refractivity contribution in [2.75, 3.05) is 0 Å². The van der Waals surface area contributed by atoms with Crippen molar-refractivity contribution < 1.29 is 5.11 Å². The van der Waals surface area contributed by atoms with Crippen molar-refractivity contribution in [2.24, 2.45) is 0 Å². The molecule has 0 unspecified atom stereocenters. The van der Waals surface area contributed by atoms with Crippen molar-refractivity contribution in [1.29, 1.82) is 0 Å². The number of hydrogen-bond donors (Lipinski definition) is 1. The fourth-order valence-electron chi connectivity index (χ4n) is 2.51. The number of rotatable bonds is 6. The van der Waals surface area contributed by atoms with E-state index in [1.807, 2.05) is 12.1 Å². The summed E-state index contributed by atoms with van der Waals surface area (Å²) in [5.74, 6) is 0.361. The smallest absolute Gasteiger partial charge is 0.115 e. The number of fused-ring (bicyclic) bond motifs is 1. The van der Waals surface area contributed by atoms with E-state index in [9.17, 15) is 0 Å². The SMILES string of the molecule is CCCCCCCc1ccc(O)cc1.Cc1cc2cc-2c1. The maximum Gasteiger partial charge on any atom is 0.115 e. The molecule has 3 rings (SSSR count). The van der Waals surface area contributed by atoms with Crippen LogP contribution in [0.5, 0.6) is 5.75 Å². The van der Waals surface area contributed by atoms with Crippen LogP contribution < -0.4 is 0 Å². The van der Waals surface area contributed by atoms with Crippen LogP contribution in [-0.4, -0.2) is 5.11 Å². The van der Waals surface area contributed by atoms with Crippen LogP contribution in [0.25, 0.3) is 11.1 Å². The molecule has 2 aliphatic carbocycles. The first-order chi connectivity index (χ1) is 10.2. The predicted octanol–water partition coefficient (Wildman–Crippen LogP) is 5.88. The van der Waals surface area contributed by atoms with Crippen LogP contribution in [0, 0.1) is 6.92 Å². The Labute approximate surface area is 128 Å². The average molecular weight is 282 g/mol. The van der Waals surface area contributed by atoms with Gasteiger partial charge in [-0.15, -0.1) is 0 Å². The molecular weight excluding hydrogens is 256 g/mol. The molecule has 0 aliphatic heterocycles. The van der Waals surface area contributed by atoms with Gasteiger partial charge in [0.1, 0.15) is 5.75 Å². The van der Waals surface area contributed by atoms with E-state index >= 15 is 0 Å². The molecular formula is C20H26O. The third kappa shape index (κ3) is 5.63. The molecule has 0 radical (unpaired) electrons. The molecule has 21 heavy (non-hydrogen) atoms. The summed E-state index contributed by atoms with van der Waals surface area (Å²) in [4.78, 5) is 0. The van der Waals surface area contributed by atoms with Crippen molar-refractivity contribution >= 4 is 0 Å². The maximum atomic E-state index is 9.10. The first-order valence-electron chi connectivity index (χ1n) is 8.09. The fourth-order valence-corrected chi connectivity index (χ4v) is 2.51. The van der Waals surface area contributed by atoms with Gasteiger partial charge in [-0.25, -0.2) is 0 Å². The van der Waals surface area contributed by atoms with Gasteiger partial charge in [-0.3, -0.25) is 0 Å². The second-order valence-electron chi connectivity index (χ2n) is 5.92. The number of unbranched alkanes of at least 4 members (excludes halogenated alkanes) is 4. The lowest BCUT2D eigenvalue weighted by Crippen LogP contribution is -1.85. The minimum Gasteiger partial charge on any atom is -0.508 e. The van der Waals surface area contributed by atoms with Gasteiger partial charge in [0.15, 0.2) is 0 Å². The number of benzene rings is 2. The fraction of sp³-hybridized carbons (Fsp3) is 0.400. The second-order valence-corrected chi connectivity index (χ2v) is 5.92. The van der Waals surface area contributed by atoms with Crippen molar-refractivity contribution in [3.05, 3.63) is 53.6 Å². The van der Waals surface area contributed by atoms with E-state index in [0.717, 1.165) is 6.42 Å². The Morgan fingerprint density at radius 3 is 1.95 bits per heavy atom. The van der Waals surface area contributed by atoms with E-state index in [1.54, 1.807) is 12.1 Å². The van der Waals surface area contributed by atoms with Gasteiger partial charge in [-0.2, -0.15) is 0 Å². The maximum absolute atomic E-state index is 9.10. The molecule has 1 heteroatoms. The van der Waals surface area contributed by atoms with Crippen molar-refractivity contribution in [3.8, 4) is 16.9 Å². The summed E-state index contributed by atoms with van der Waals surface area (Å²) < 4.78 is 0. The van der Waals surface area contributed by atoms with E-state index in [0.29, 0.717) is 5.75 Å². The summed E-state index contributed by atoms with van der Waals surface area (Å²) in [7, 11) is 0. The number of hydrogen-bond acceptors (Lipinski definition) is 1. The minimum atomic E-state index is 0.361. The van der Waals surface area contributed by atoms with Gasteiger partial charge in [0.25, 0.3) is 0 Å². The molecule has 1 nitrogen and oxygen atoms in total. The van der Waals surface area contributed by atoms with E-state index in [-0.39, 0.29) is 0 Å². The summed E-state index contributed by atoms with van der Waals surface area (Å²) in [6.07, 6.45) is 7.76. The van der Waals surface area contributed by atoms with Crippen LogP contribution in [0.1, 0.15) is 50.2 Å². The molecule has 112 valence electrons. The van der Waals surface area contributed by atoms with Crippen molar-refractivity contribution in [3.63, 3.8) is 0 Å². The average Bonchev–Trinajstić information content (AvgIpc) is 3.09. The van der Waals surface area contributed by atoms with Crippen LogP contribution in [0.2, 0.25) is 0 Å². The standard InChI is InChI=1S/C13H20O.C7H6/c1-2-3-4-5-6-7-12-8-10-13(14)11-9-12;1-5-2-6-4-7(6)3-5/h8-11,14H,2-7H2,1H3;2-4H,1H3. The van der Waals surface area contributed by atoms with Crippen LogP contribution in [0.15, 0.2) is 42.5 Å². The Kier molecular flexibility index (Phi) is 5.86. The number of phenols is 1. The van der Waals surface area contributed by atoms with Gasteiger partial charge < -0.3 is 5.11 Å². The first kappa shape index (κ1) is 15.6. The van der Waals surface area contributed by atoms with Gasteiger partial charge in [0.05, 0.1) is 0 Å². The number of aromatic hydroxyl groups is 1. The van der Waals surface area contributed by atoms with Crippen LogP contribution in [0.4, 0.5) is 0 Å². The second kappa shape index (κ2) is 7.87. The van der Waals surface area contributed by atoms with Crippen LogP contribution in [-0.2, 0) is 6.42 Å². The molecule has 0 atom stereocenters. The Balaban J connectivity index is 0.000000189. The minimum absolute atomic E-state index is 0.361. The van der Waals surface area contributed by atoms with Gasteiger partial charge in [0.2, 0.25) is 0 Å². The van der Waals surface area contributed by atoms with E-state index in [1.165, 1.54) is 54.4 Å². The Morgan fingerprint density at radius 2 is 1.43 bits per heavy atom. The zero-order chi connectivity index (χ0) is 15.1. The molecule has 0 spiro atoms. The van der Waals surface area contributed by atoms with Crippen LogP contribution >= 0.6 is 0 Å². The highest BCUT2D eigenvalue weighted by Gasteiger charge is 2.10. The summed E-state index contributed by atoms with van der Waals surface area (Å²) in [5, 5.41) is 9.10. The topological polar surface area (TPSA) is 20.2 Å². The predicted molar refractivity (Wildman–Crippen MR) is 90.7 cm³/mol. The van der Waals surface area contributed by atoms with Gasteiger partial charge >= 0.3 is 0 Å². The Morgan fingerprint density at radius 1 is 0.810 bits per heavy atom. The molecule has 1 aromatic rings. The lowest BCUT2D eigenvalue weighted by molar-refractivity contribution is 0.475. The largest absolute Gasteiger partial charge is 0.508 e. The van der Waals surface area contributed by atoms with Gasteiger partial charge in [0, 0.05) is 0 Å². The normalized spacial score (nSPS) is 10.8. The Hall–Kier alpha value is -1.76. The molecule has 0 amide bonds. The monoisotopic (exact) mass is 282 g/mol. The molecule has 2 aliphatic rings. The third-order valence-corrected chi connectivity index (χ3v) is 3.83. The molecule has 0 bridgehead atoms. The molecule has 1 aromatic carbocycles. The lowest BCUT2D eigenvalue weighted by Gasteiger charge is -2.01. The van der Waals surface area contributed by atoms with E-state index in [2.05, 4.69) is 32.0 Å². The zero-order valence-electron chi connectivity index (χ0n) is 13.2. The lowest BCUT2D eigenvalue weighted by atomic mass is 10.1. The third-order valence-electron chi connectivity index (χ3n) is 3.83. The van der Waals surface area contributed by atoms with Crippen molar-refractivity contribution in [2.45, 2.75) is 52.4 Å². The molecule has 1 N–H and O–H groups in total. The summed E-state index contributed by atoms with van der Waals surface area (Å²) in [6.45, 7) is 4.36. The first-order valence-corrected chi connectivity index (χ1v) is 8.09. The molecule has 0 fully saturated rings. The molecule has 0 heterocycles. The molecule has 0 aromatic heterocycles. The van der Waals surface area contributed by atoms with Gasteiger partial charge in [-0.1, -0.05) is 56.9 Å². The van der Waals surface area contributed by atoms with E-state index < -0.39 is 0 Å². The molecule has 0 saturated heterocycles. The summed E-state index contributed by atoms with van der Waals surface area (Å²) >= 11 is 0. The summed E-state index contributed by atoms with van der Waals surface area (Å²) in [5.41, 5.74) is 5.61. The highest BCUT2D eigenvalue weighted by molar-refractivity contribution is 5.82. The van der Waals surface area contributed by atoms with Crippen molar-refractivity contribution in [1.82, 2.24) is 0 Å². The quantitative estimate of drug-likeness (QED) is 0.560. The Bertz CT molecular complexity index is 534. The molecule has 0 saturated carbocycles.